The van der Waals surface area contributed by atoms with Crippen LogP contribution in [0, 0.1) is 5.92 Å². The van der Waals surface area contributed by atoms with E-state index in [1.807, 2.05) is 0 Å². The van der Waals surface area contributed by atoms with Gasteiger partial charge in [-0.2, -0.15) is 0 Å². The van der Waals surface area contributed by atoms with Crippen LogP contribution >= 0.6 is 11.6 Å². The first-order chi connectivity index (χ1) is 3.72. The normalized spacial score (nSPS) is 47.6. The van der Waals surface area contributed by atoms with E-state index in [-0.39, 0.29) is 0 Å². The standard InChI is InChI=1S/C6H12ClN/c1-4-5(7)2-3-6(4)8/h4-6H,2-3,8H2,1H3. The Morgan fingerprint density at radius 1 is 1.50 bits per heavy atom. The maximum atomic E-state index is 5.88. The number of nitrogens with two attached hydrogens (primary N) is 1. The molecule has 0 heterocycles. The minimum atomic E-state index is 0.338. The first kappa shape index (κ1) is 6.37. The fraction of sp³-hybridized carbons (Fsp3) is 1.00. The van der Waals surface area contributed by atoms with Gasteiger partial charge in [-0.1, -0.05) is 6.92 Å². The van der Waals surface area contributed by atoms with Gasteiger partial charge in [0.15, 0.2) is 0 Å². The van der Waals surface area contributed by atoms with Crippen LogP contribution < -0.4 is 5.73 Å². The van der Waals surface area contributed by atoms with Crippen molar-refractivity contribution in [2.24, 2.45) is 11.7 Å². The van der Waals surface area contributed by atoms with Gasteiger partial charge in [-0.15, -0.1) is 11.6 Å². The molecule has 1 rings (SSSR count). The largest absolute Gasteiger partial charge is 0.327 e. The maximum Gasteiger partial charge on any atom is 0.0376 e. The first-order valence-corrected chi connectivity index (χ1v) is 3.55. The third-order valence-corrected chi connectivity index (χ3v) is 2.64. The molecule has 1 aliphatic rings. The number of rotatable bonds is 0. The summed E-state index contributed by atoms with van der Waals surface area (Å²) in [5.41, 5.74) is 5.68. The molecule has 0 bridgehead atoms. The zero-order chi connectivity index (χ0) is 6.15. The molecular weight excluding hydrogens is 122 g/mol. The smallest absolute Gasteiger partial charge is 0.0376 e. The van der Waals surface area contributed by atoms with E-state index < -0.39 is 0 Å². The summed E-state index contributed by atoms with van der Waals surface area (Å²) in [6, 6.07) is 0.359. The summed E-state index contributed by atoms with van der Waals surface area (Å²) in [5, 5.41) is 0.338. The van der Waals surface area contributed by atoms with Crippen molar-refractivity contribution in [3.05, 3.63) is 0 Å². The Labute approximate surface area is 55.2 Å². The SMILES string of the molecule is CC1C(N)CCC1Cl. The van der Waals surface area contributed by atoms with Crippen LogP contribution in [0.4, 0.5) is 0 Å². The van der Waals surface area contributed by atoms with Crippen molar-refractivity contribution in [2.45, 2.75) is 31.2 Å². The van der Waals surface area contributed by atoms with Crippen LogP contribution in [-0.4, -0.2) is 11.4 Å². The lowest BCUT2D eigenvalue weighted by molar-refractivity contribution is 0.532. The molecule has 0 amide bonds. The summed E-state index contributed by atoms with van der Waals surface area (Å²) < 4.78 is 0. The van der Waals surface area contributed by atoms with Gasteiger partial charge >= 0.3 is 0 Å². The molecule has 0 radical (unpaired) electrons. The summed E-state index contributed by atoms with van der Waals surface area (Å²) in [7, 11) is 0. The summed E-state index contributed by atoms with van der Waals surface area (Å²) in [4.78, 5) is 0. The van der Waals surface area contributed by atoms with E-state index in [4.69, 9.17) is 17.3 Å². The molecule has 2 N–H and O–H groups in total. The number of halogens is 1. The van der Waals surface area contributed by atoms with Crippen LogP contribution in [0.15, 0.2) is 0 Å². The highest BCUT2D eigenvalue weighted by molar-refractivity contribution is 6.21. The van der Waals surface area contributed by atoms with E-state index in [0.29, 0.717) is 17.3 Å². The predicted octanol–water partition coefficient (Wildman–Crippen LogP) is 1.35. The average molecular weight is 134 g/mol. The Morgan fingerprint density at radius 2 is 2.12 bits per heavy atom. The van der Waals surface area contributed by atoms with Gasteiger partial charge in [0.2, 0.25) is 0 Å². The van der Waals surface area contributed by atoms with E-state index in [0.717, 1.165) is 12.8 Å². The zero-order valence-electron chi connectivity index (χ0n) is 5.10. The number of alkyl halides is 1. The topological polar surface area (TPSA) is 26.0 Å². The zero-order valence-corrected chi connectivity index (χ0v) is 5.86. The van der Waals surface area contributed by atoms with Crippen molar-refractivity contribution in [1.29, 1.82) is 0 Å². The highest BCUT2D eigenvalue weighted by atomic mass is 35.5. The second-order valence-corrected chi connectivity index (χ2v) is 3.18. The Morgan fingerprint density at radius 3 is 2.25 bits per heavy atom. The van der Waals surface area contributed by atoms with Gasteiger partial charge < -0.3 is 5.73 Å². The van der Waals surface area contributed by atoms with Crippen LogP contribution in [0.2, 0.25) is 0 Å². The molecule has 3 unspecified atom stereocenters. The molecule has 0 aromatic rings. The van der Waals surface area contributed by atoms with Crippen molar-refractivity contribution in [2.75, 3.05) is 0 Å². The molecule has 48 valence electrons. The molecular formula is C6H12ClN. The first-order valence-electron chi connectivity index (χ1n) is 3.11. The Kier molecular flexibility index (Phi) is 1.78. The van der Waals surface area contributed by atoms with Crippen molar-refractivity contribution >= 4 is 11.6 Å². The summed E-state index contributed by atoms with van der Waals surface area (Å²) in [6.45, 7) is 2.12. The van der Waals surface area contributed by atoms with E-state index in [9.17, 15) is 0 Å². The fourth-order valence-corrected chi connectivity index (χ4v) is 1.46. The van der Waals surface area contributed by atoms with Crippen LogP contribution in [0.25, 0.3) is 0 Å². The van der Waals surface area contributed by atoms with Crippen molar-refractivity contribution in [3.63, 3.8) is 0 Å². The van der Waals surface area contributed by atoms with Gasteiger partial charge in [-0.25, -0.2) is 0 Å². The second-order valence-electron chi connectivity index (χ2n) is 2.62. The highest BCUT2D eigenvalue weighted by Crippen LogP contribution is 2.28. The summed E-state index contributed by atoms with van der Waals surface area (Å²) >= 11 is 5.88. The lowest BCUT2D eigenvalue weighted by atomic mass is 10.1. The molecule has 1 nitrogen and oxygen atoms in total. The van der Waals surface area contributed by atoms with Gasteiger partial charge in [-0.3, -0.25) is 0 Å². The lowest BCUT2D eigenvalue weighted by Crippen LogP contribution is -2.25. The highest BCUT2D eigenvalue weighted by Gasteiger charge is 2.27. The Balaban J connectivity index is 2.44. The van der Waals surface area contributed by atoms with Crippen LogP contribution in [0.1, 0.15) is 19.8 Å². The number of hydrogen-bond acceptors (Lipinski definition) is 1. The number of hydrogen-bond donors (Lipinski definition) is 1. The minimum Gasteiger partial charge on any atom is -0.327 e. The summed E-state index contributed by atoms with van der Waals surface area (Å²) in [6.07, 6.45) is 2.21. The van der Waals surface area contributed by atoms with Gasteiger partial charge in [0, 0.05) is 11.4 Å². The van der Waals surface area contributed by atoms with Gasteiger partial charge in [0.1, 0.15) is 0 Å². The lowest BCUT2D eigenvalue weighted by Gasteiger charge is -2.10. The molecule has 1 aliphatic carbocycles. The minimum absolute atomic E-state index is 0.338. The van der Waals surface area contributed by atoms with Gasteiger partial charge in [0.05, 0.1) is 0 Å². The molecule has 1 fully saturated rings. The van der Waals surface area contributed by atoms with Crippen molar-refractivity contribution < 1.29 is 0 Å². The second kappa shape index (κ2) is 2.24. The van der Waals surface area contributed by atoms with E-state index >= 15 is 0 Å². The molecule has 8 heavy (non-hydrogen) atoms. The van der Waals surface area contributed by atoms with Crippen molar-refractivity contribution in [3.8, 4) is 0 Å². The summed E-state index contributed by atoms with van der Waals surface area (Å²) in [5.74, 6) is 0.525. The average Bonchev–Trinajstić information content (AvgIpc) is 1.98. The Bertz CT molecular complexity index is 74.6. The van der Waals surface area contributed by atoms with E-state index in [1.54, 1.807) is 0 Å². The third-order valence-electron chi connectivity index (χ3n) is 2.02. The van der Waals surface area contributed by atoms with Gasteiger partial charge in [0.25, 0.3) is 0 Å². The quantitative estimate of drug-likeness (QED) is 0.496. The molecule has 0 spiro atoms. The molecule has 2 heteroatoms. The fourth-order valence-electron chi connectivity index (χ4n) is 1.15. The molecule has 0 saturated heterocycles. The molecule has 0 aromatic heterocycles. The molecule has 0 aliphatic heterocycles. The van der Waals surface area contributed by atoms with Crippen LogP contribution in [0.3, 0.4) is 0 Å². The Hall–Kier alpha value is 0.250. The maximum absolute atomic E-state index is 5.88. The third kappa shape index (κ3) is 0.981. The van der Waals surface area contributed by atoms with Crippen molar-refractivity contribution in [1.82, 2.24) is 0 Å². The predicted molar refractivity (Wildman–Crippen MR) is 36.0 cm³/mol. The van der Waals surface area contributed by atoms with Gasteiger partial charge in [-0.05, 0) is 18.8 Å². The van der Waals surface area contributed by atoms with E-state index in [2.05, 4.69) is 6.92 Å². The van der Waals surface area contributed by atoms with E-state index in [1.165, 1.54) is 0 Å². The molecule has 1 saturated carbocycles. The van der Waals surface area contributed by atoms with Crippen LogP contribution in [-0.2, 0) is 0 Å². The van der Waals surface area contributed by atoms with Crippen LogP contribution in [0.5, 0.6) is 0 Å². The molecule has 3 atom stereocenters. The molecule has 0 aromatic carbocycles. The monoisotopic (exact) mass is 133 g/mol.